The Morgan fingerprint density at radius 3 is 1.37 bits per heavy atom. The summed E-state index contributed by atoms with van der Waals surface area (Å²) in [7, 11) is -7.59. The van der Waals surface area contributed by atoms with E-state index in [2.05, 4.69) is 0 Å². The Balaban J connectivity index is 1.51. The van der Waals surface area contributed by atoms with Gasteiger partial charge in [-0.15, -0.1) is 0 Å². The van der Waals surface area contributed by atoms with E-state index in [1.807, 2.05) is 13.8 Å². The van der Waals surface area contributed by atoms with Crippen molar-refractivity contribution in [1.82, 2.24) is 0 Å². The first-order valence-corrected chi connectivity index (χ1v) is 12.9. The lowest BCUT2D eigenvalue weighted by molar-refractivity contribution is 0.0668. The molecule has 0 unspecified atom stereocenters. The van der Waals surface area contributed by atoms with Crippen molar-refractivity contribution in [2.24, 2.45) is 5.41 Å². The average molecular weight is 453 g/mol. The minimum absolute atomic E-state index is 0.0704. The lowest BCUT2D eigenvalue weighted by atomic mass is 9.65. The molecule has 8 heteroatoms. The van der Waals surface area contributed by atoms with Gasteiger partial charge in [-0.2, -0.15) is 16.8 Å². The highest BCUT2D eigenvalue weighted by Gasteiger charge is 2.37. The summed E-state index contributed by atoms with van der Waals surface area (Å²) in [5.41, 5.74) is 1.82. The maximum absolute atomic E-state index is 12.3. The van der Waals surface area contributed by atoms with Crippen molar-refractivity contribution in [2.45, 2.75) is 55.7 Å². The fourth-order valence-corrected chi connectivity index (χ4v) is 5.40. The first kappa shape index (κ1) is 22.9. The average Bonchev–Trinajstić information content (AvgIpc) is 2.66. The summed E-state index contributed by atoms with van der Waals surface area (Å²) in [5, 5.41) is 0. The molecule has 0 heterocycles. The Morgan fingerprint density at radius 1 is 0.700 bits per heavy atom. The van der Waals surface area contributed by atoms with E-state index in [9.17, 15) is 16.8 Å². The van der Waals surface area contributed by atoms with Crippen molar-refractivity contribution in [2.75, 3.05) is 13.2 Å². The van der Waals surface area contributed by atoms with E-state index in [0.717, 1.165) is 30.4 Å². The Bertz CT molecular complexity index is 968. The van der Waals surface area contributed by atoms with Crippen LogP contribution in [0.4, 0.5) is 0 Å². The monoisotopic (exact) mass is 452 g/mol. The summed E-state index contributed by atoms with van der Waals surface area (Å²) in [6.07, 6.45) is 3.96. The van der Waals surface area contributed by atoms with Gasteiger partial charge in [0.05, 0.1) is 23.0 Å². The Morgan fingerprint density at radius 2 is 1.07 bits per heavy atom. The number of hydrogen-bond donors (Lipinski definition) is 0. The Kier molecular flexibility index (Phi) is 7.02. The highest BCUT2D eigenvalue weighted by atomic mass is 32.2. The molecular weight excluding hydrogens is 424 g/mol. The van der Waals surface area contributed by atoms with Crippen LogP contribution in [0.3, 0.4) is 0 Å². The summed E-state index contributed by atoms with van der Waals surface area (Å²) in [6, 6.07) is 13.1. The Labute approximate surface area is 179 Å². The zero-order valence-electron chi connectivity index (χ0n) is 17.3. The van der Waals surface area contributed by atoms with Crippen molar-refractivity contribution in [3.8, 4) is 0 Å². The van der Waals surface area contributed by atoms with Crippen molar-refractivity contribution < 1.29 is 25.2 Å². The van der Waals surface area contributed by atoms with Gasteiger partial charge in [-0.05, 0) is 69.2 Å². The fourth-order valence-electron chi connectivity index (χ4n) is 3.58. The van der Waals surface area contributed by atoms with Gasteiger partial charge < -0.3 is 0 Å². The molecule has 164 valence electrons. The van der Waals surface area contributed by atoms with Crippen LogP contribution in [0.2, 0.25) is 0 Å². The van der Waals surface area contributed by atoms with Gasteiger partial charge in [-0.3, -0.25) is 8.37 Å². The maximum Gasteiger partial charge on any atom is 0.296 e. The second kappa shape index (κ2) is 9.18. The third-order valence-electron chi connectivity index (χ3n) is 5.78. The molecular formula is C22H28O6S2. The van der Waals surface area contributed by atoms with E-state index in [0.29, 0.717) is 12.8 Å². The van der Waals surface area contributed by atoms with Crippen LogP contribution >= 0.6 is 0 Å². The third-order valence-corrected chi connectivity index (χ3v) is 8.43. The van der Waals surface area contributed by atoms with E-state index in [1.54, 1.807) is 24.3 Å². The zero-order valence-corrected chi connectivity index (χ0v) is 19.0. The molecule has 0 aliphatic heterocycles. The molecule has 0 radical (unpaired) electrons. The van der Waals surface area contributed by atoms with Crippen LogP contribution in [-0.2, 0) is 28.6 Å². The van der Waals surface area contributed by atoms with Gasteiger partial charge in [-0.25, -0.2) is 0 Å². The van der Waals surface area contributed by atoms with Crippen LogP contribution in [0.15, 0.2) is 58.3 Å². The topological polar surface area (TPSA) is 86.7 Å². The zero-order chi connectivity index (χ0) is 21.8. The highest BCUT2D eigenvalue weighted by Crippen LogP contribution is 2.47. The summed E-state index contributed by atoms with van der Waals surface area (Å²) >= 11 is 0. The van der Waals surface area contributed by atoms with Crippen molar-refractivity contribution in [1.29, 1.82) is 0 Å². The molecule has 0 amide bonds. The van der Waals surface area contributed by atoms with E-state index in [4.69, 9.17) is 8.37 Å². The van der Waals surface area contributed by atoms with Gasteiger partial charge >= 0.3 is 0 Å². The van der Waals surface area contributed by atoms with Gasteiger partial charge in [0.15, 0.2) is 0 Å². The third kappa shape index (κ3) is 5.69. The minimum atomic E-state index is -3.79. The predicted molar refractivity (Wildman–Crippen MR) is 114 cm³/mol. The lowest BCUT2D eigenvalue weighted by Gasteiger charge is -2.42. The molecule has 3 rings (SSSR count). The SMILES string of the molecule is Cc1ccc(S(=O)(=O)OCCC2(CCOS(=O)(=O)c3ccc(C)cc3)CCC2)cc1. The molecule has 1 aliphatic rings. The van der Waals surface area contributed by atoms with Gasteiger partial charge in [0, 0.05) is 0 Å². The molecule has 2 aromatic rings. The van der Waals surface area contributed by atoms with E-state index >= 15 is 0 Å². The summed E-state index contributed by atoms with van der Waals surface area (Å²) in [5.74, 6) is 0. The molecule has 6 nitrogen and oxygen atoms in total. The first-order chi connectivity index (χ1) is 14.1. The minimum Gasteiger partial charge on any atom is -0.266 e. The quantitative estimate of drug-likeness (QED) is 0.498. The van der Waals surface area contributed by atoms with E-state index in [1.165, 1.54) is 24.3 Å². The van der Waals surface area contributed by atoms with Crippen LogP contribution in [0, 0.1) is 19.3 Å². The van der Waals surface area contributed by atoms with Crippen LogP contribution in [0.5, 0.6) is 0 Å². The molecule has 0 atom stereocenters. The molecule has 2 aromatic carbocycles. The van der Waals surface area contributed by atoms with Gasteiger partial charge in [0.2, 0.25) is 0 Å². The number of hydrogen-bond acceptors (Lipinski definition) is 6. The maximum atomic E-state index is 12.3. The van der Waals surface area contributed by atoms with Crippen molar-refractivity contribution in [3.63, 3.8) is 0 Å². The van der Waals surface area contributed by atoms with Crippen LogP contribution < -0.4 is 0 Å². The molecule has 0 N–H and O–H groups in total. The molecule has 30 heavy (non-hydrogen) atoms. The van der Waals surface area contributed by atoms with Crippen LogP contribution in [0.25, 0.3) is 0 Å². The van der Waals surface area contributed by atoms with Crippen molar-refractivity contribution in [3.05, 3.63) is 59.7 Å². The second-order valence-corrected chi connectivity index (χ2v) is 11.3. The summed E-state index contributed by atoms with van der Waals surface area (Å²) in [4.78, 5) is 0.284. The number of aryl methyl sites for hydroxylation is 2. The molecule has 0 aromatic heterocycles. The standard InChI is InChI=1S/C22H28O6S2/c1-18-4-8-20(9-5-18)29(23,24)27-16-14-22(12-3-13-22)15-17-28-30(25,26)21-10-6-19(2)7-11-21/h4-11H,3,12-17H2,1-2H3. The summed E-state index contributed by atoms with van der Waals surface area (Å²) in [6.45, 7) is 3.92. The normalized spacial score (nSPS) is 16.2. The Hall–Kier alpha value is -1.74. The van der Waals surface area contributed by atoms with Gasteiger partial charge in [-0.1, -0.05) is 41.8 Å². The van der Waals surface area contributed by atoms with Crippen molar-refractivity contribution >= 4 is 20.2 Å². The first-order valence-electron chi connectivity index (χ1n) is 10.0. The molecule has 0 bridgehead atoms. The smallest absolute Gasteiger partial charge is 0.266 e. The molecule has 1 saturated carbocycles. The van der Waals surface area contributed by atoms with E-state index in [-0.39, 0.29) is 28.4 Å². The van der Waals surface area contributed by atoms with Crippen LogP contribution in [-0.4, -0.2) is 30.0 Å². The molecule has 1 fully saturated rings. The van der Waals surface area contributed by atoms with E-state index < -0.39 is 20.2 Å². The molecule has 0 spiro atoms. The second-order valence-electron chi connectivity index (χ2n) is 8.03. The van der Waals surface area contributed by atoms with Crippen LogP contribution in [0.1, 0.15) is 43.2 Å². The predicted octanol–water partition coefficient (Wildman–Crippen LogP) is 4.36. The summed E-state index contributed by atoms with van der Waals surface area (Å²) < 4.78 is 59.8. The molecule has 1 aliphatic carbocycles. The number of benzene rings is 2. The van der Waals surface area contributed by atoms with Gasteiger partial charge in [0.25, 0.3) is 20.2 Å². The number of rotatable bonds is 10. The lowest BCUT2D eigenvalue weighted by Crippen LogP contribution is -2.33. The highest BCUT2D eigenvalue weighted by molar-refractivity contribution is 7.87. The largest absolute Gasteiger partial charge is 0.296 e. The fraction of sp³-hybridized carbons (Fsp3) is 0.455. The molecule has 0 saturated heterocycles. The van der Waals surface area contributed by atoms with Gasteiger partial charge in [0.1, 0.15) is 0 Å².